The van der Waals surface area contributed by atoms with Gasteiger partial charge in [-0.2, -0.15) is 0 Å². The molecular formula is C26H52N2O4. The third-order valence-electron chi connectivity index (χ3n) is 7.17. The maximum Gasteiger partial charge on any atom is 0.116 e. The largest absolute Gasteiger partial charge is 0.392 e. The molecule has 0 spiro atoms. The van der Waals surface area contributed by atoms with Gasteiger partial charge in [-0.25, -0.2) is 0 Å². The van der Waals surface area contributed by atoms with Crippen LogP contribution in [-0.4, -0.2) is 83.1 Å². The van der Waals surface area contributed by atoms with E-state index in [0.717, 1.165) is 6.42 Å². The molecule has 2 rings (SSSR count). The summed E-state index contributed by atoms with van der Waals surface area (Å²) < 4.78 is 11.2. The second-order valence-electron chi connectivity index (χ2n) is 10.4. The molecule has 0 bridgehead atoms. The van der Waals surface area contributed by atoms with Crippen LogP contribution in [0.3, 0.4) is 0 Å². The van der Waals surface area contributed by atoms with Crippen molar-refractivity contribution in [2.75, 3.05) is 27.3 Å². The Kier molecular flexibility index (Phi) is 12.9. The first-order valence-electron chi connectivity index (χ1n) is 12.7. The third-order valence-corrected chi connectivity index (χ3v) is 7.17. The van der Waals surface area contributed by atoms with E-state index in [0.29, 0.717) is 13.2 Å². The lowest BCUT2D eigenvalue weighted by molar-refractivity contribution is -0.0454. The van der Waals surface area contributed by atoms with Crippen molar-refractivity contribution in [1.82, 2.24) is 9.80 Å². The zero-order valence-corrected chi connectivity index (χ0v) is 22.1. The maximum absolute atomic E-state index is 10.2. The molecular weight excluding hydrogens is 404 g/mol. The lowest BCUT2D eigenvalue weighted by Crippen LogP contribution is -2.45. The molecule has 2 aliphatic heterocycles. The molecule has 0 aromatic heterocycles. The number of allylic oxidation sites excluding steroid dienone is 1. The number of unbranched alkanes of at least 4 members (excludes halogenated alkanes) is 7. The van der Waals surface area contributed by atoms with Crippen molar-refractivity contribution < 1.29 is 19.7 Å². The van der Waals surface area contributed by atoms with Gasteiger partial charge in [-0.15, -0.1) is 0 Å². The van der Waals surface area contributed by atoms with Crippen molar-refractivity contribution in [2.45, 2.75) is 129 Å². The van der Waals surface area contributed by atoms with E-state index in [4.69, 9.17) is 9.47 Å². The summed E-state index contributed by atoms with van der Waals surface area (Å²) in [7, 11) is 4.00. The first kappa shape index (κ1) is 29.5. The summed E-state index contributed by atoms with van der Waals surface area (Å²) >= 11 is 0. The zero-order valence-electron chi connectivity index (χ0n) is 22.1. The molecule has 0 radical (unpaired) electrons. The van der Waals surface area contributed by atoms with E-state index in [1.165, 1.54) is 44.9 Å². The molecule has 0 aromatic carbocycles. The first-order valence-corrected chi connectivity index (χ1v) is 12.7. The molecule has 32 heavy (non-hydrogen) atoms. The average molecular weight is 457 g/mol. The summed E-state index contributed by atoms with van der Waals surface area (Å²) in [6, 6.07) is 0.218. The number of hydrogen-bond donors (Lipinski definition) is 2. The normalized spacial score (nSPS) is 27.4. The minimum Gasteiger partial charge on any atom is -0.392 e. The van der Waals surface area contributed by atoms with Crippen LogP contribution in [0.25, 0.3) is 0 Å². The van der Waals surface area contributed by atoms with Crippen LogP contribution in [0.2, 0.25) is 0 Å². The lowest BCUT2D eigenvalue weighted by atomic mass is 10.1. The van der Waals surface area contributed by atoms with Gasteiger partial charge in [0.2, 0.25) is 0 Å². The van der Waals surface area contributed by atoms with Crippen molar-refractivity contribution in [3.63, 3.8) is 0 Å². The van der Waals surface area contributed by atoms with Gasteiger partial charge in [0, 0.05) is 0 Å². The second kappa shape index (κ2) is 14.0. The summed E-state index contributed by atoms with van der Waals surface area (Å²) in [5, 5.41) is 19.6. The smallest absolute Gasteiger partial charge is 0.116 e. The van der Waals surface area contributed by atoms with E-state index in [-0.39, 0.29) is 29.6 Å². The van der Waals surface area contributed by atoms with Crippen LogP contribution >= 0.6 is 0 Å². The molecule has 2 fully saturated rings. The molecule has 0 saturated carbocycles. The molecule has 2 saturated heterocycles. The summed E-state index contributed by atoms with van der Waals surface area (Å²) in [5.41, 5.74) is -0.486. The summed E-state index contributed by atoms with van der Waals surface area (Å²) in [6.07, 6.45) is 13.8. The van der Waals surface area contributed by atoms with E-state index in [2.05, 4.69) is 22.8 Å². The van der Waals surface area contributed by atoms with Crippen molar-refractivity contribution in [3.8, 4) is 0 Å². The van der Waals surface area contributed by atoms with Crippen LogP contribution in [0, 0.1) is 0 Å². The van der Waals surface area contributed by atoms with E-state index in [1.807, 2.05) is 47.9 Å². The van der Waals surface area contributed by atoms with Gasteiger partial charge in [-0.3, -0.25) is 9.80 Å². The number of hydrogen-bond acceptors (Lipinski definition) is 6. The van der Waals surface area contributed by atoms with Gasteiger partial charge in [0.1, 0.15) is 11.4 Å². The van der Waals surface area contributed by atoms with Crippen LogP contribution in [0.15, 0.2) is 12.2 Å². The van der Waals surface area contributed by atoms with Crippen LogP contribution < -0.4 is 0 Å². The van der Waals surface area contributed by atoms with Gasteiger partial charge in [0.25, 0.3) is 0 Å². The van der Waals surface area contributed by atoms with Gasteiger partial charge in [-0.1, -0.05) is 57.6 Å². The van der Waals surface area contributed by atoms with Crippen molar-refractivity contribution in [3.05, 3.63) is 12.2 Å². The first-order chi connectivity index (χ1) is 14.9. The summed E-state index contributed by atoms with van der Waals surface area (Å²) in [6.45, 7) is 13.4. The Bertz CT molecular complexity index is 536. The quantitative estimate of drug-likeness (QED) is 0.351. The highest BCUT2D eigenvalue weighted by Gasteiger charge is 2.40. The van der Waals surface area contributed by atoms with E-state index in [1.54, 1.807) is 6.92 Å². The summed E-state index contributed by atoms with van der Waals surface area (Å²) in [4.78, 5) is 4.19. The molecule has 6 nitrogen and oxygen atoms in total. The van der Waals surface area contributed by atoms with Crippen molar-refractivity contribution in [2.24, 2.45) is 0 Å². The molecule has 2 N–H and O–H groups in total. The molecule has 2 heterocycles. The number of ether oxygens (including phenoxy) is 2. The zero-order chi connectivity index (χ0) is 24.4. The fourth-order valence-electron chi connectivity index (χ4n) is 4.18. The highest BCUT2D eigenvalue weighted by molar-refractivity contribution is 4.99. The molecule has 6 heteroatoms. The van der Waals surface area contributed by atoms with Crippen LogP contribution in [0.1, 0.15) is 92.9 Å². The molecule has 0 aromatic rings. The Hall–Kier alpha value is -0.500. The fraction of sp³-hybridized carbons (Fsp3) is 0.923. The van der Waals surface area contributed by atoms with Gasteiger partial charge in [0.05, 0.1) is 37.5 Å². The SMILES string of the molecule is CCCCCCCCC/C=C/C(O)C1COC(C)(C)N1C.C[C@@H](O)[C@@H]1COC(C)(C)N1C. The molecule has 4 atom stereocenters. The predicted octanol–water partition coefficient (Wildman–Crippen LogP) is 4.54. The summed E-state index contributed by atoms with van der Waals surface area (Å²) in [5.74, 6) is 0. The molecule has 0 amide bonds. The Labute approximate surface area is 198 Å². The highest BCUT2D eigenvalue weighted by Crippen LogP contribution is 2.27. The highest BCUT2D eigenvalue weighted by atomic mass is 16.5. The Morgan fingerprint density at radius 3 is 1.72 bits per heavy atom. The van der Waals surface area contributed by atoms with Crippen molar-refractivity contribution >= 4 is 0 Å². The van der Waals surface area contributed by atoms with Crippen LogP contribution in [0.5, 0.6) is 0 Å². The monoisotopic (exact) mass is 456 g/mol. The standard InChI is InChI=1S/C18H35NO2.C8H17NO2/c1-5-6-7-8-9-10-11-12-13-14-17(20)16-15-21-18(2,3)19(16)4;1-6(10)7-5-11-8(2,3)9(7)4/h13-14,16-17,20H,5-12,15H2,1-4H3;6-7,10H,5H2,1-4H3/b14-13+;/t;6-,7+/m.1/s1. The minimum atomic E-state index is -0.429. The van der Waals surface area contributed by atoms with E-state index < -0.39 is 6.10 Å². The van der Waals surface area contributed by atoms with Crippen molar-refractivity contribution in [1.29, 1.82) is 0 Å². The third kappa shape index (κ3) is 9.40. The Morgan fingerprint density at radius 2 is 1.31 bits per heavy atom. The number of aliphatic hydroxyl groups is 2. The van der Waals surface area contributed by atoms with E-state index in [9.17, 15) is 10.2 Å². The maximum atomic E-state index is 10.2. The molecule has 0 aliphatic carbocycles. The van der Waals surface area contributed by atoms with Gasteiger partial charge < -0.3 is 19.7 Å². The Balaban J connectivity index is 0.000000389. The number of likely N-dealkylation sites (N-methyl/N-ethyl adjacent to an activating group) is 2. The average Bonchev–Trinajstić information content (AvgIpc) is 3.15. The van der Waals surface area contributed by atoms with Gasteiger partial charge in [-0.05, 0) is 61.6 Å². The number of aliphatic hydroxyl groups excluding tert-OH is 2. The molecule has 2 unspecified atom stereocenters. The molecule has 2 aliphatic rings. The number of rotatable bonds is 11. The van der Waals surface area contributed by atoms with E-state index >= 15 is 0 Å². The van der Waals surface area contributed by atoms with Crippen LogP contribution in [0.4, 0.5) is 0 Å². The van der Waals surface area contributed by atoms with Gasteiger partial charge in [0.15, 0.2) is 0 Å². The Morgan fingerprint density at radius 1 is 0.844 bits per heavy atom. The van der Waals surface area contributed by atoms with Gasteiger partial charge >= 0.3 is 0 Å². The van der Waals surface area contributed by atoms with Crippen LogP contribution in [-0.2, 0) is 9.47 Å². The molecule has 190 valence electrons. The topological polar surface area (TPSA) is 65.4 Å². The fourth-order valence-corrected chi connectivity index (χ4v) is 4.18. The lowest BCUT2D eigenvalue weighted by Gasteiger charge is -2.30. The minimum absolute atomic E-state index is 0.0743. The second-order valence-corrected chi connectivity index (χ2v) is 10.4. The number of nitrogens with zero attached hydrogens (tertiary/aromatic N) is 2. The predicted molar refractivity (Wildman–Crippen MR) is 133 cm³/mol.